The van der Waals surface area contributed by atoms with Crippen molar-refractivity contribution in [2.24, 2.45) is 0 Å². The van der Waals surface area contributed by atoms with Gasteiger partial charge in [-0.2, -0.15) is 0 Å². The van der Waals surface area contributed by atoms with Crippen LogP contribution in [-0.4, -0.2) is 21.3 Å². The number of benzene rings is 1. The molecule has 1 aromatic rings. The van der Waals surface area contributed by atoms with Gasteiger partial charge in [0.25, 0.3) is 0 Å². The molecule has 0 aliphatic heterocycles. The van der Waals surface area contributed by atoms with Crippen molar-refractivity contribution in [3.8, 4) is 5.75 Å². The highest BCUT2D eigenvalue weighted by Crippen LogP contribution is 2.30. The second-order valence-electron chi connectivity index (χ2n) is 2.54. The smallest absolute Gasteiger partial charge is 0.337 e. The average Bonchev–Trinajstić information content (AvgIpc) is 2.13. The molecule has 0 aliphatic carbocycles. The summed E-state index contributed by atoms with van der Waals surface area (Å²) in [6.07, 6.45) is -1.99. The van der Waals surface area contributed by atoms with Gasteiger partial charge in [-0.1, -0.05) is 11.6 Å². The second kappa shape index (κ2) is 3.81. The molecule has 0 spiro atoms. The van der Waals surface area contributed by atoms with Crippen LogP contribution in [0.3, 0.4) is 0 Å². The van der Waals surface area contributed by atoms with Crippen LogP contribution in [0.2, 0.25) is 5.02 Å². The summed E-state index contributed by atoms with van der Waals surface area (Å²) >= 11 is 5.30. The molecule has 0 aliphatic rings. The number of aliphatic hydroxyl groups is 1. The number of phenolic OH excluding ortho intramolecular Hbond substituents is 1. The number of aliphatic carboxylic acids is 1. The topological polar surface area (TPSA) is 77.8 Å². The van der Waals surface area contributed by atoms with E-state index in [2.05, 4.69) is 0 Å². The summed E-state index contributed by atoms with van der Waals surface area (Å²) in [5, 5.41) is 25.7. The van der Waals surface area contributed by atoms with Gasteiger partial charge < -0.3 is 15.3 Å². The van der Waals surface area contributed by atoms with Gasteiger partial charge in [0.2, 0.25) is 0 Å². The quantitative estimate of drug-likeness (QED) is 0.702. The number of hydrogen-bond donors (Lipinski definition) is 3. The summed E-state index contributed by atoms with van der Waals surface area (Å²) < 4.78 is 13.2. The number of carbonyl (C=O) groups is 1. The van der Waals surface area contributed by atoms with E-state index in [0.717, 1.165) is 12.1 Å². The maximum absolute atomic E-state index is 13.2. The Morgan fingerprint density at radius 2 is 2.07 bits per heavy atom. The van der Waals surface area contributed by atoms with Crippen LogP contribution in [0.4, 0.5) is 4.39 Å². The molecular weight excluding hydrogens is 215 g/mol. The Labute approximate surface area is 83.2 Å². The van der Waals surface area contributed by atoms with E-state index in [0.29, 0.717) is 0 Å². The molecule has 0 amide bonds. The molecule has 1 unspecified atom stereocenters. The SMILES string of the molecule is O=C(O)C(O)c1ccc(O)c(Cl)c1F. The summed E-state index contributed by atoms with van der Waals surface area (Å²) in [5.74, 6) is -3.24. The number of phenols is 1. The van der Waals surface area contributed by atoms with Crippen LogP contribution >= 0.6 is 11.6 Å². The van der Waals surface area contributed by atoms with E-state index in [1.54, 1.807) is 0 Å². The van der Waals surface area contributed by atoms with Crippen molar-refractivity contribution in [2.75, 3.05) is 0 Å². The van der Waals surface area contributed by atoms with Gasteiger partial charge in [-0.25, -0.2) is 9.18 Å². The zero-order chi connectivity index (χ0) is 10.9. The van der Waals surface area contributed by atoms with Crippen molar-refractivity contribution in [1.29, 1.82) is 0 Å². The molecule has 6 heteroatoms. The van der Waals surface area contributed by atoms with Gasteiger partial charge in [0.15, 0.2) is 11.9 Å². The summed E-state index contributed by atoms with van der Waals surface area (Å²) in [6, 6.07) is 1.96. The van der Waals surface area contributed by atoms with Gasteiger partial charge in [0, 0.05) is 5.56 Å². The maximum atomic E-state index is 13.2. The minimum atomic E-state index is -1.99. The van der Waals surface area contributed by atoms with Crippen molar-refractivity contribution < 1.29 is 24.5 Å². The molecule has 1 aromatic carbocycles. The Morgan fingerprint density at radius 3 is 2.57 bits per heavy atom. The van der Waals surface area contributed by atoms with Crippen LogP contribution in [-0.2, 0) is 4.79 Å². The molecule has 4 nitrogen and oxygen atoms in total. The molecule has 0 bridgehead atoms. The molecule has 14 heavy (non-hydrogen) atoms. The van der Waals surface area contributed by atoms with Gasteiger partial charge in [0.05, 0.1) is 0 Å². The molecular formula is C8H6ClFO4. The first-order chi connectivity index (χ1) is 6.45. The highest BCUT2D eigenvalue weighted by Gasteiger charge is 2.22. The number of carboxylic acids is 1. The fraction of sp³-hybridized carbons (Fsp3) is 0.125. The van der Waals surface area contributed by atoms with Crippen LogP contribution in [0.5, 0.6) is 5.75 Å². The van der Waals surface area contributed by atoms with E-state index in [1.165, 1.54) is 0 Å². The lowest BCUT2D eigenvalue weighted by molar-refractivity contribution is -0.147. The number of hydrogen-bond acceptors (Lipinski definition) is 3. The van der Waals surface area contributed by atoms with Gasteiger partial charge in [0.1, 0.15) is 10.8 Å². The van der Waals surface area contributed by atoms with Gasteiger partial charge in [-0.3, -0.25) is 0 Å². The van der Waals surface area contributed by atoms with E-state index in [1.807, 2.05) is 0 Å². The van der Waals surface area contributed by atoms with E-state index >= 15 is 0 Å². The molecule has 3 N–H and O–H groups in total. The Kier molecular flexibility index (Phi) is 2.93. The summed E-state index contributed by atoms with van der Waals surface area (Å²) in [5.41, 5.74) is -0.486. The zero-order valence-electron chi connectivity index (χ0n) is 6.74. The van der Waals surface area contributed by atoms with Crippen molar-refractivity contribution in [2.45, 2.75) is 6.10 Å². The first kappa shape index (κ1) is 10.7. The van der Waals surface area contributed by atoms with Crippen LogP contribution < -0.4 is 0 Å². The molecule has 0 radical (unpaired) electrons. The number of halogens is 2. The third-order valence-electron chi connectivity index (χ3n) is 1.62. The van der Waals surface area contributed by atoms with Crippen LogP contribution in [0, 0.1) is 5.82 Å². The van der Waals surface area contributed by atoms with Crippen LogP contribution in [0.1, 0.15) is 11.7 Å². The lowest BCUT2D eigenvalue weighted by atomic mass is 10.1. The molecule has 1 atom stereocenters. The van der Waals surface area contributed by atoms with Crippen molar-refractivity contribution in [3.63, 3.8) is 0 Å². The van der Waals surface area contributed by atoms with E-state index in [9.17, 15) is 9.18 Å². The number of aliphatic hydroxyl groups excluding tert-OH is 1. The Bertz CT molecular complexity index is 380. The number of rotatable bonds is 2. The maximum Gasteiger partial charge on any atom is 0.337 e. The minimum Gasteiger partial charge on any atom is -0.506 e. The van der Waals surface area contributed by atoms with Crippen LogP contribution in [0.25, 0.3) is 0 Å². The van der Waals surface area contributed by atoms with E-state index < -0.39 is 34.2 Å². The molecule has 76 valence electrons. The predicted octanol–water partition coefficient (Wildman–Crippen LogP) is 1.30. The number of aromatic hydroxyl groups is 1. The standard InChI is InChI=1S/C8H6ClFO4/c9-5-4(11)2-1-3(6(5)10)7(12)8(13)14/h1-2,7,11-12H,(H,13,14). The third kappa shape index (κ3) is 1.78. The lowest BCUT2D eigenvalue weighted by Crippen LogP contribution is -2.12. The number of carboxylic acid groups (broad SMARTS) is 1. The van der Waals surface area contributed by atoms with Gasteiger partial charge in [-0.15, -0.1) is 0 Å². The van der Waals surface area contributed by atoms with Crippen molar-refractivity contribution in [1.82, 2.24) is 0 Å². The lowest BCUT2D eigenvalue weighted by Gasteiger charge is -2.08. The van der Waals surface area contributed by atoms with Crippen molar-refractivity contribution >= 4 is 17.6 Å². The largest absolute Gasteiger partial charge is 0.506 e. The second-order valence-corrected chi connectivity index (χ2v) is 2.92. The van der Waals surface area contributed by atoms with Gasteiger partial charge >= 0.3 is 5.97 Å². The van der Waals surface area contributed by atoms with Gasteiger partial charge in [-0.05, 0) is 12.1 Å². The fourth-order valence-electron chi connectivity index (χ4n) is 0.898. The Hall–Kier alpha value is -1.33. The molecule has 0 aromatic heterocycles. The summed E-state index contributed by atoms with van der Waals surface area (Å²) in [6.45, 7) is 0. The summed E-state index contributed by atoms with van der Waals surface area (Å²) in [4.78, 5) is 10.3. The van der Waals surface area contributed by atoms with Crippen LogP contribution in [0.15, 0.2) is 12.1 Å². The Morgan fingerprint density at radius 1 is 1.50 bits per heavy atom. The first-order valence-electron chi connectivity index (χ1n) is 3.53. The molecule has 0 saturated carbocycles. The monoisotopic (exact) mass is 220 g/mol. The average molecular weight is 221 g/mol. The fourth-order valence-corrected chi connectivity index (χ4v) is 1.07. The van der Waals surface area contributed by atoms with Crippen molar-refractivity contribution in [3.05, 3.63) is 28.5 Å². The molecule has 0 saturated heterocycles. The zero-order valence-corrected chi connectivity index (χ0v) is 7.49. The minimum absolute atomic E-state index is 0.486. The van der Waals surface area contributed by atoms with E-state index in [4.69, 9.17) is 26.9 Å². The van der Waals surface area contributed by atoms with E-state index in [-0.39, 0.29) is 0 Å². The molecule has 0 fully saturated rings. The third-order valence-corrected chi connectivity index (χ3v) is 1.98. The summed E-state index contributed by atoms with van der Waals surface area (Å²) in [7, 11) is 0. The molecule has 1 rings (SSSR count). The molecule has 0 heterocycles. The highest BCUT2D eigenvalue weighted by molar-refractivity contribution is 6.32. The Balaban J connectivity index is 3.24. The normalized spacial score (nSPS) is 12.5. The predicted molar refractivity (Wildman–Crippen MR) is 45.7 cm³/mol. The first-order valence-corrected chi connectivity index (χ1v) is 3.90. The highest BCUT2D eigenvalue weighted by atomic mass is 35.5.